The lowest BCUT2D eigenvalue weighted by Crippen LogP contribution is -2.58. The molecule has 1 saturated heterocycles. The fraction of sp³-hybridized carbons (Fsp3) is 0.528. The maximum atomic E-state index is 14.0. The van der Waals surface area contributed by atoms with Crippen molar-refractivity contribution < 1.29 is 57.4 Å². The van der Waals surface area contributed by atoms with Gasteiger partial charge in [0.2, 0.25) is 29.4 Å². The number of aromatic nitrogens is 4. The minimum absolute atomic E-state index is 0.00675. The second-order valence-electron chi connectivity index (χ2n) is 19.9. The molecule has 24 heteroatoms. The van der Waals surface area contributed by atoms with Crippen molar-refractivity contribution in [2.75, 3.05) is 90.9 Å². The number of ether oxygens (including phenoxy) is 7. The Kier molecular flexibility index (Phi) is 20.8. The van der Waals surface area contributed by atoms with Crippen molar-refractivity contribution in [1.29, 1.82) is 0 Å². The van der Waals surface area contributed by atoms with E-state index in [9.17, 15) is 24.3 Å². The van der Waals surface area contributed by atoms with Gasteiger partial charge in [0.15, 0.2) is 23.0 Å². The third kappa shape index (κ3) is 15.5. The number of β-amino-alcohol motifs (C(OH)–C–C–N with tert-alkyl or cyclic N) is 1. The van der Waals surface area contributed by atoms with Gasteiger partial charge in [-0.1, -0.05) is 57.9 Å². The van der Waals surface area contributed by atoms with E-state index in [2.05, 4.69) is 31.2 Å². The van der Waals surface area contributed by atoms with Crippen molar-refractivity contribution in [2.24, 2.45) is 16.9 Å². The second kappa shape index (κ2) is 27.6. The number of benzene rings is 2. The van der Waals surface area contributed by atoms with Gasteiger partial charge in [0, 0.05) is 61.8 Å². The number of aryl methyl sites for hydroxylation is 1. The van der Waals surface area contributed by atoms with E-state index in [-0.39, 0.29) is 88.5 Å². The lowest BCUT2D eigenvalue weighted by Gasteiger charge is -2.35. The van der Waals surface area contributed by atoms with Crippen LogP contribution in [-0.2, 0) is 39.9 Å². The van der Waals surface area contributed by atoms with Crippen LogP contribution >= 0.6 is 11.3 Å². The van der Waals surface area contributed by atoms with Crippen LogP contribution in [0.3, 0.4) is 0 Å². The summed E-state index contributed by atoms with van der Waals surface area (Å²) in [5, 5.41) is 22.9. The average molecular weight is 1090 g/mol. The number of carbonyl (C=O) groups is 4. The monoisotopic (exact) mass is 1090 g/mol. The van der Waals surface area contributed by atoms with Gasteiger partial charge in [0.1, 0.15) is 30.9 Å². The van der Waals surface area contributed by atoms with E-state index in [1.807, 2.05) is 52.0 Å². The number of methoxy groups -OCH3 is 2. The van der Waals surface area contributed by atoms with Crippen LogP contribution in [0.15, 0.2) is 54.3 Å². The number of nitrogens with one attached hydrogen (secondary N) is 4. The fourth-order valence-electron chi connectivity index (χ4n) is 9.15. The number of nitrogens with zero attached hydrogens (tertiary/aromatic N) is 5. The van der Waals surface area contributed by atoms with E-state index in [1.165, 1.54) is 19.1 Å². The van der Waals surface area contributed by atoms with E-state index >= 15 is 0 Å². The molecule has 0 radical (unpaired) electrons. The van der Waals surface area contributed by atoms with Crippen molar-refractivity contribution in [1.82, 2.24) is 34.9 Å². The molecule has 2 aromatic carbocycles. The zero-order valence-electron chi connectivity index (χ0n) is 44.6. The quantitative estimate of drug-likeness (QED) is 0.0349. The molecule has 7 rings (SSSR count). The number of imidazole rings is 1. The van der Waals surface area contributed by atoms with Gasteiger partial charge in [-0.25, -0.2) is 9.97 Å². The maximum Gasteiger partial charge on any atom is 0.256 e. The molecule has 4 amide bonds. The second-order valence-corrected chi connectivity index (χ2v) is 20.7. The standard InChI is InChI=1S/C53H73N11O12S/c1-32-45(77-31-58-32)34-13-11-33(12-14-34)28-57-50(68)39-27-36(65)29-64(39)51(69)46(53(2,3)4)61-42(66)30-75-22-21-73-18-17-72-19-20-74-23-24-76-44-40(70-5)25-35(26-41(44)71-6)59-48-43(47(55)67)49-56-15-16-63(49)52(62-48)60-38-10-8-7-9-37(38)54/h11-16,25-26,31,36-39,46,59,65H,7-10,17-24,27-30,54H2,1-6H3,(H2,55,67)(H,57,68)(H,60,62)(H,61,66)/t36-,37-,38+,39+,46-/m1/s1. The molecule has 77 heavy (non-hydrogen) atoms. The summed E-state index contributed by atoms with van der Waals surface area (Å²) in [4.78, 5) is 69.2. The minimum Gasteiger partial charge on any atom is -0.493 e. The summed E-state index contributed by atoms with van der Waals surface area (Å²) in [6, 6.07) is 9.27. The van der Waals surface area contributed by atoms with E-state index in [4.69, 9.17) is 49.6 Å². The van der Waals surface area contributed by atoms with Crippen LogP contribution in [-0.4, -0.2) is 163 Å². The fourth-order valence-corrected chi connectivity index (χ4v) is 9.96. The summed E-state index contributed by atoms with van der Waals surface area (Å²) in [6.45, 7) is 9.24. The molecule has 23 nitrogen and oxygen atoms in total. The lowest BCUT2D eigenvalue weighted by molar-refractivity contribution is -0.144. The molecule has 2 aliphatic rings. The molecule has 1 saturated carbocycles. The molecule has 1 aliphatic carbocycles. The number of likely N-dealkylation sites (tertiary alicyclic amines) is 1. The molecule has 4 heterocycles. The minimum atomic E-state index is -0.986. The van der Waals surface area contributed by atoms with Crippen molar-refractivity contribution in [2.45, 2.75) is 96.6 Å². The number of thiazole rings is 1. The summed E-state index contributed by atoms with van der Waals surface area (Å²) < 4.78 is 41.5. The normalized spacial score (nSPS) is 17.9. The average Bonchev–Trinajstić information content (AvgIpc) is 4.18. The Balaban J connectivity index is 0.772. The van der Waals surface area contributed by atoms with Gasteiger partial charge in [-0.3, -0.25) is 23.6 Å². The Labute approximate surface area is 452 Å². The van der Waals surface area contributed by atoms with Gasteiger partial charge in [-0.15, -0.1) is 11.3 Å². The molecule has 2 fully saturated rings. The SMILES string of the molecule is COc1cc(Nc2nc(N[C@H]3CCCC[C@H]3N)n3ccnc3c2C(N)=O)cc(OC)c1OCCOCCOCCOCCOCC(=O)N[C@H](C(=O)N1C[C@H](O)C[C@H]1C(=O)NCc1ccc(-c2scnc2C)cc1)C(C)(C)C. The van der Waals surface area contributed by atoms with Crippen LogP contribution in [0.1, 0.15) is 74.5 Å². The first-order chi connectivity index (χ1) is 37.1. The van der Waals surface area contributed by atoms with E-state index in [0.717, 1.165) is 47.4 Å². The predicted molar refractivity (Wildman–Crippen MR) is 289 cm³/mol. The first kappa shape index (κ1) is 58.0. The molecule has 0 bridgehead atoms. The summed E-state index contributed by atoms with van der Waals surface area (Å²) in [5.74, 6) is -0.346. The summed E-state index contributed by atoms with van der Waals surface area (Å²) >= 11 is 1.57. The molecule has 0 unspecified atom stereocenters. The Morgan fingerprint density at radius 1 is 0.896 bits per heavy atom. The van der Waals surface area contributed by atoms with Crippen molar-refractivity contribution in [3.05, 3.63) is 71.1 Å². The highest BCUT2D eigenvalue weighted by Gasteiger charge is 2.44. The Bertz CT molecular complexity index is 2740. The van der Waals surface area contributed by atoms with Gasteiger partial charge in [-0.2, -0.15) is 4.98 Å². The Morgan fingerprint density at radius 3 is 2.16 bits per heavy atom. The van der Waals surface area contributed by atoms with Crippen molar-refractivity contribution >= 4 is 58.1 Å². The number of carbonyl (C=O) groups excluding carboxylic acids is 4. The molecule has 3 aromatic heterocycles. The maximum absolute atomic E-state index is 14.0. The van der Waals surface area contributed by atoms with Crippen LogP contribution in [0.2, 0.25) is 0 Å². The summed E-state index contributed by atoms with van der Waals surface area (Å²) in [7, 11) is 3.00. The van der Waals surface area contributed by atoms with Gasteiger partial charge in [0.05, 0.1) is 82.7 Å². The van der Waals surface area contributed by atoms with Crippen molar-refractivity contribution in [3.63, 3.8) is 0 Å². The number of primary amides is 1. The summed E-state index contributed by atoms with van der Waals surface area (Å²) in [6.07, 6.45) is 6.38. The molecule has 1 aliphatic heterocycles. The zero-order chi connectivity index (χ0) is 55.1. The highest BCUT2D eigenvalue weighted by Crippen LogP contribution is 2.41. The molecule has 5 atom stereocenters. The Hall–Kier alpha value is -6.67. The highest BCUT2D eigenvalue weighted by atomic mass is 32.1. The number of nitrogens with two attached hydrogens (primary N) is 2. The van der Waals surface area contributed by atoms with Gasteiger partial charge < -0.3 is 75.9 Å². The van der Waals surface area contributed by atoms with Crippen LogP contribution in [0.25, 0.3) is 16.1 Å². The first-order valence-electron chi connectivity index (χ1n) is 25.8. The molecular weight excluding hydrogens is 1010 g/mol. The van der Waals surface area contributed by atoms with Gasteiger partial charge >= 0.3 is 0 Å². The number of anilines is 3. The van der Waals surface area contributed by atoms with E-state index in [1.54, 1.807) is 45.8 Å². The molecule has 9 N–H and O–H groups in total. The van der Waals surface area contributed by atoms with Gasteiger partial charge in [-0.05, 0) is 36.3 Å². The first-order valence-corrected chi connectivity index (χ1v) is 26.6. The lowest BCUT2D eigenvalue weighted by atomic mass is 9.85. The Morgan fingerprint density at radius 2 is 1.55 bits per heavy atom. The predicted octanol–water partition coefficient (Wildman–Crippen LogP) is 3.96. The van der Waals surface area contributed by atoms with Crippen molar-refractivity contribution in [3.8, 4) is 27.7 Å². The van der Waals surface area contributed by atoms with E-state index < -0.39 is 41.3 Å². The highest BCUT2D eigenvalue weighted by molar-refractivity contribution is 7.13. The van der Waals surface area contributed by atoms with Crippen LogP contribution in [0, 0.1) is 12.3 Å². The molecular formula is C53H73N11O12S. The topological polar surface area (TPSA) is 300 Å². The number of hydrogen-bond donors (Lipinski definition) is 7. The molecule has 0 spiro atoms. The molecule has 418 valence electrons. The number of amides is 4. The summed E-state index contributed by atoms with van der Waals surface area (Å²) in [5.41, 5.74) is 17.2. The molecule has 5 aromatic rings. The third-order valence-electron chi connectivity index (χ3n) is 13.2. The number of hydrogen-bond acceptors (Lipinski definition) is 19. The number of rotatable bonds is 28. The third-order valence-corrected chi connectivity index (χ3v) is 14.2. The smallest absolute Gasteiger partial charge is 0.256 e. The number of aliphatic hydroxyl groups excluding tert-OH is 1. The van der Waals surface area contributed by atoms with Crippen LogP contribution < -0.4 is 46.9 Å². The number of fused-ring (bicyclic) bond motifs is 1. The largest absolute Gasteiger partial charge is 0.493 e. The number of aliphatic hydroxyl groups is 1. The van der Waals surface area contributed by atoms with Gasteiger partial charge in [0.25, 0.3) is 5.91 Å². The van der Waals surface area contributed by atoms with E-state index in [0.29, 0.717) is 54.4 Å². The zero-order valence-corrected chi connectivity index (χ0v) is 45.5. The van der Waals surface area contributed by atoms with Crippen LogP contribution in [0.4, 0.5) is 17.5 Å². The van der Waals surface area contributed by atoms with Crippen LogP contribution in [0.5, 0.6) is 17.2 Å².